The van der Waals surface area contributed by atoms with Gasteiger partial charge in [-0.1, -0.05) is 18.2 Å². The van der Waals surface area contributed by atoms with Crippen molar-refractivity contribution in [3.05, 3.63) is 59.7 Å². The molecule has 24 heavy (non-hydrogen) atoms. The van der Waals surface area contributed by atoms with Crippen molar-refractivity contribution in [3.63, 3.8) is 0 Å². The van der Waals surface area contributed by atoms with E-state index < -0.39 is 11.9 Å². The van der Waals surface area contributed by atoms with Crippen molar-refractivity contribution in [3.8, 4) is 5.75 Å². The average molecular weight is 323 g/mol. The molecule has 0 unspecified atom stereocenters. The number of amides is 1. The number of carbonyl (C=O) groups excluding carboxylic acids is 3. The Bertz CT molecular complexity index is 782. The highest BCUT2D eigenvalue weighted by Gasteiger charge is 2.36. The van der Waals surface area contributed by atoms with E-state index >= 15 is 0 Å². The number of nitrogens with zero attached hydrogens (tertiary/aromatic N) is 1. The summed E-state index contributed by atoms with van der Waals surface area (Å²) in [6.45, 7) is 2.25. The van der Waals surface area contributed by atoms with Gasteiger partial charge in [0.2, 0.25) is 5.91 Å². The standard InChI is InChI=1S/C19H17NO4/c1-13-4-2-3-5-17(13)20-11-15(10-18(20)22)19(23)24-16-8-6-14(12-21)7-9-16/h2-9,12,15H,10-11H2,1H3/t15-/m1/s1. The van der Waals surface area contributed by atoms with E-state index in [0.29, 0.717) is 17.9 Å². The Morgan fingerprint density at radius 2 is 1.88 bits per heavy atom. The summed E-state index contributed by atoms with van der Waals surface area (Å²) in [7, 11) is 0. The van der Waals surface area contributed by atoms with Crippen LogP contribution in [0, 0.1) is 12.8 Å². The van der Waals surface area contributed by atoms with Crippen LogP contribution >= 0.6 is 0 Å². The summed E-state index contributed by atoms with van der Waals surface area (Å²) in [5.74, 6) is -0.643. The van der Waals surface area contributed by atoms with E-state index in [-0.39, 0.29) is 12.3 Å². The smallest absolute Gasteiger partial charge is 0.316 e. The van der Waals surface area contributed by atoms with Gasteiger partial charge in [0.05, 0.1) is 5.92 Å². The molecule has 5 nitrogen and oxygen atoms in total. The number of carbonyl (C=O) groups is 3. The molecule has 3 rings (SSSR count). The lowest BCUT2D eigenvalue weighted by molar-refractivity contribution is -0.139. The molecular weight excluding hydrogens is 306 g/mol. The molecule has 1 heterocycles. The maximum atomic E-state index is 12.3. The van der Waals surface area contributed by atoms with Gasteiger partial charge in [-0.25, -0.2) is 0 Å². The first-order valence-corrected chi connectivity index (χ1v) is 7.71. The molecule has 1 amide bonds. The monoisotopic (exact) mass is 323 g/mol. The van der Waals surface area contributed by atoms with E-state index in [1.165, 1.54) is 0 Å². The molecule has 1 aliphatic heterocycles. The lowest BCUT2D eigenvalue weighted by atomic mass is 10.1. The number of aldehydes is 1. The van der Waals surface area contributed by atoms with Gasteiger partial charge in [-0.3, -0.25) is 14.4 Å². The molecule has 0 N–H and O–H groups in total. The quantitative estimate of drug-likeness (QED) is 0.493. The van der Waals surface area contributed by atoms with Crippen LogP contribution in [0.2, 0.25) is 0 Å². The predicted molar refractivity (Wildman–Crippen MR) is 89.1 cm³/mol. The summed E-state index contributed by atoms with van der Waals surface area (Å²) in [5, 5.41) is 0. The molecule has 0 saturated carbocycles. The number of aryl methyl sites for hydroxylation is 1. The number of anilines is 1. The van der Waals surface area contributed by atoms with Crippen LogP contribution in [-0.2, 0) is 9.59 Å². The Morgan fingerprint density at radius 1 is 1.17 bits per heavy atom. The van der Waals surface area contributed by atoms with Crippen LogP contribution < -0.4 is 9.64 Å². The molecule has 0 aromatic heterocycles. The zero-order chi connectivity index (χ0) is 17.1. The average Bonchev–Trinajstić information content (AvgIpc) is 2.98. The van der Waals surface area contributed by atoms with E-state index in [0.717, 1.165) is 17.5 Å². The SMILES string of the molecule is Cc1ccccc1N1C[C@H](C(=O)Oc2ccc(C=O)cc2)CC1=O. The van der Waals surface area contributed by atoms with E-state index in [9.17, 15) is 14.4 Å². The summed E-state index contributed by atoms with van der Waals surface area (Å²) in [6.07, 6.45) is 0.862. The second-order valence-corrected chi connectivity index (χ2v) is 5.80. The minimum absolute atomic E-state index is 0.0810. The molecule has 0 aliphatic carbocycles. The second-order valence-electron chi connectivity index (χ2n) is 5.80. The van der Waals surface area contributed by atoms with Gasteiger partial charge in [0.25, 0.3) is 0 Å². The van der Waals surface area contributed by atoms with Crippen molar-refractivity contribution < 1.29 is 19.1 Å². The molecule has 5 heteroatoms. The Labute approximate surface area is 139 Å². The van der Waals surface area contributed by atoms with E-state index in [4.69, 9.17) is 4.74 Å². The molecule has 0 radical (unpaired) electrons. The van der Waals surface area contributed by atoms with Gasteiger partial charge >= 0.3 is 5.97 Å². The van der Waals surface area contributed by atoms with Crippen molar-refractivity contribution in [1.29, 1.82) is 0 Å². The van der Waals surface area contributed by atoms with Gasteiger partial charge in [0, 0.05) is 24.2 Å². The largest absolute Gasteiger partial charge is 0.426 e. The Kier molecular flexibility index (Phi) is 4.42. The van der Waals surface area contributed by atoms with Crippen LogP contribution in [0.1, 0.15) is 22.3 Å². The molecule has 1 fully saturated rings. The summed E-state index contributed by atoms with van der Waals surface area (Å²) in [6, 6.07) is 13.9. The molecule has 1 saturated heterocycles. The normalized spacial score (nSPS) is 17.0. The number of ether oxygens (including phenoxy) is 1. The molecule has 122 valence electrons. The fourth-order valence-corrected chi connectivity index (χ4v) is 2.78. The van der Waals surface area contributed by atoms with Crippen LogP contribution in [0.5, 0.6) is 5.75 Å². The van der Waals surface area contributed by atoms with Gasteiger partial charge in [-0.05, 0) is 42.8 Å². The topological polar surface area (TPSA) is 63.7 Å². The first-order valence-electron chi connectivity index (χ1n) is 7.71. The van der Waals surface area contributed by atoms with Crippen LogP contribution in [-0.4, -0.2) is 24.7 Å². The summed E-state index contributed by atoms with van der Waals surface area (Å²) in [4.78, 5) is 36.8. The Hall–Kier alpha value is -2.95. The number of benzene rings is 2. The summed E-state index contributed by atoms with van der Waals surface area (Å²) >= 11 is 0. The molecule has 2 aromatic carbocycles. The van der Waals surface area contributed by atoms with E-state index in [1.54, 1.807) is 29.2 Å². The summed E-state index contributed by atoms with van der Waals surface area (Å²) in [5.41, 5.74) is 2.33. The molecule has 2 aromatic rings. The third kappa shape index (κ3) is 3.20. The van der Waals surface area contributed by atoms with Crippen LogP contribution in [0.4, 0.5) is 5.69 Å². The maximum Gasteiger partial charge on any atom is 0.316 e. The third-order valence-electron chi connectivity index (χ3n) is 4.10. The fraction of sp³-hybridized carbons (Fsp3) is 0.211. The molecule has 1 atom stereocenters. The van der Waals surface area contributed by atoms with Crippen molar-refractivity contribution in [2.24, 2.45) is 5.92 Å². The predicted octanol–water partition coefficient (Wildman–Crippen LogP) is 2.77. The lowest BCUT2D eigenvalue weighted by Crippen LogP contribution is -2.27. The number of hydrogen-bond donors (Lipinski definition) is 0. The zero-order valence-electron chi connectivity index (χ0n) is 13.3. The van der Waals surface area contributed by atoms with Crippen molar-refractivity contribution in [1.82, 2.24) is 0 Å². The highest BCUT2D eigenvalue weighted by atomic mass is 16.5. The molecular formula is C19H17NO4. The number of para-hydroxylation sites is 1. The van der Waals surface area contributed by atoms with Crippen molar-refractivity contribution >= 4 is 23.9 Å². The van der Waals surface area contributed by atoms with Crippen LogP contribution in [0.15, 0.2) is 48.5 Å². The first-order chi connectivity index (χ1) is 11.6. The number of esters is 1. The minimum Gasteiger partial charge on any atom is -0.426 e. The zero-order valence-corrected chi connectivity index (χ0v) is 13.3. The van der Waals surface area contributed by atoms with Crippen LogP contribution in [0.25, 0.3) is 0 Å². The van der Waals surface area contributed by atoms with Gasteiger partial charge in [-0.2, -0.15) is 0 Å². The van der Waals surface area contributed by atoms with Gasteiger partial charge in [0.1, 0.15) is 12.0 Å². The summed E-state index contributed by atoms with van der Waals surface area (Å²) < 4.78 is 5.33. The van der Waals surface area contributed by atoms with Gasteiger partial charge in [0.15, 0.2) is 0 Å². The first kappa shape index (κ1) is 15.9. The lowest BCUT2D eigenvalue weighted by Gasteiger charge is -2.18. The molecule has 1 aliphatic rings. The van der Waals surface area contributed by atoms with Crippen molar-refractivity contribution in [2.75, 3.05) is 11.4 Å². The van der Waals surface area contributed by atoms with E-state index in [2.05, 4.69) is 0 Å². The number of rotatable bonds is 4. The highest BCUT2D eigenvalue weighted by Crippen LogP contribution is 2.28. The molecule has 0 bridgehead atoms. The Morgan fingerprint density at radius 3 is 2.54 bits per heavy atom. The van der Waals surface area contributed by atoms with Gasteiger partial charge in [-0.15, -0.1) is 0 Å². The molecule has 0 spiro atoms. The number of hydrogen-bond acceptors (Lipinski definition) is 4. The Balaban J connectivity index is 1.69. The second kappa shape index (κ2) is 6.66. The fourth-order valence-electron chi connectivity index (χ4n) is 2.78. The highest BCUT2D eigenvalue weighted by molar-refractivity contribution is 6.00. The third-order valence-corrected chi connectivity index (χ3v) is 4.10. The minimum atomic E-state index is -0.497. The van der Waals surface area contributed by atoms with Crippen molar-refractivity contribution in [2.45, 2.75) is 13.3 Å². The van der Waals surface area contributed by atoms with Gasteiger partial charge < -0.3 is 9.64 Å². The van der Waals surface area contributed by atoms with Crippen LogP contribution in [0.3, 0.4) is 0 Å². The van der Waals surface area contributed by atoms with E-state index in [1.807, 2.05) is 31.2 Å². The maximum absolute atomic E-state index is 12.3.